The second kappa shape index (κ2) is 7.27. The Morgan fingerprint density at radius 2 is 2.13 bits per heavy atom. The number of aliphatic hydroxyl groups excluding tert-OH is 1. The van der Waals surface area contributed by atoms with Crippen LogP contribution in [0.4, 0.5) is 0 Å². The Morgan fingerprint density at radius 1 is 1.43 bits per heavy atom. The molecule has 0 bridgehead atoms. The highest BCUT2D eigenvalue weighted by Gasteiger charge is 2.43. The SMILES string of the molecule is CC(C)CC(=O)C1=C(O)C(=O)N(CCN(C)C)C1c1cccs1. The Morgan fingerprint density at radius 3 is 2.65 bits per heavy atom. The average molecular weight is 336 g/mol. The van der Waals surface area contributed by atoms with Gasteiger partial charge < -0.3 is 14.9 Å². The number of carbonyl (C=O) groups is 2. The van der Waals surface area contributed by atoms with E-state index >= 15 is 0 Å². The Kier molecular flexibility index (Phi) is 5.59. The maximum atomic E-state index is 12.6. The Hall–Kier alpha value is -1.66. The first-order valence-corrected chi connectivity index (χ1v) is 8.66. The van der Waals surface area contributed by atoms with Crippen LogP contribution in [-0.4, -0.2) is 53.8 Å². The van der Waals surface area contributed by atoms with Crippen LogP contribution in [-0.2, 0) is 9.59 Å². The minimum atomic E-state index is -0.464. The van der Waals surface area contributed by atoms with Crippen molar-refractivity contribution in [2.45, 2.75) is 26.3 Å². The predicted octanol–water partition coefficient (Wildman–Crippen LogP) is 2.62. The lowest BCUT2D eigenvalue weighted by molar-refractivity contribution is -0.129. The summed E-state index contributed by atoms with van der Waals surface area (Å²) in [6.45, 7) is 5.05. The van der Waals surface area contributed by atoms with Crippen molar-refractivity contribution >= 4 is 23.0 Å². The Labute approximate surface area is 141 Å². The van der Waals surface area contributed by atoms with Gasteiger partial charge in [-0.1, -0.05) is 19.9 Å². The Balaban J connectivity index is 2.37. The summed E-state index contributed by atoms with van der Waals surface area (Å²) in [4.78, 5) is 29.6. The molecule has 0 fully saturated rings. The lowest BCUT2D eigenvalue weighted by atomic mass is 9.95. The summed E-state index contributed by atoms with van der Waals surface area (Å²) in [5, 5.41) is 12.2. The van der Waals surface area contributed by atoms with E-state index in [2.05, 4.69) is 0 Å². The number of rotatable bonds is 7. The molecule has 1 aliphatic heterocycles. The van der Waals surface area contributed by atoms with E-state index in [0.717, 1.165) is 4.88 Å². The van der Waals surface area contributed by atoms with Crippen LogP contribution in [0.5, 0.6) is 0 Å². The fourth-order valence-corrected chi connectivity index (χ4v) is 3.55. The number of likely N-dealkylation sites (N-methyl/N-ethyl adjacent to an activating group) is 1. The van der Waals surface area contributed by atoms with E-state index in [9.17, 15) is 14.7 Å². The summed E-state index contributed by atoms with van der Waals surface area (Å²) < 4.78 is 0. The maximum Gasteiger partial charge on any atom is 0.290 e. The highest BCUT2D eigenvalue weighted by molar-refractivity contribution is 7.10. The number of hydrogen-bond acceptors (Lipinski definition) is 5. The largest absolute Gasteiger partial charge is 0.503 e. The minimum absolute atomic E-state index is 0.142. The van der Waals surface area contributed by atoms with Gasteiger partial charge in [0.2, 0.25) is 0 Å². The third-order valence-corrected chi connectivity index (χ3v) is 4.72. The molecule has 1 unspecified atom stereocenters. The molecule has 1 amide bonds. The van der Waals surface area contributed by atoms with Crippen LogP contribution >= 0.6 is 11.3 Å². The third kappa shape index (κ3) is 3.82. The molecule has 0 saturated carbocycles. The number of ketones is 1. The summed E-state index contributed by atoms with van der Waals surface area (Å²) in [6.07, 6.45) is 0.329. The first kappa shape index (κ1) is 17.7. The van der Waals surface area contributed by atoms with Crippen molar-refractivity contribution in [1.29, 1.82) is 0 Å². The van der Waals surface area contributed by atoms with Crippen LogP contribution < -0.4 is 0 Å². The Bertz CT molecular complexity index is 605. The average Bonchev–Trinajstić information content (AvgIpc) is 3.04. The first-order chi connectivity index (χ1) is 10.8. The number of amides is 1. The monoisotopic (exact) mass is 336 g/mol. The molecule has 6 heteroatoms. The zero-order valence-electron chi connectivity index (χ0n) is 14.1. The summed E-state index contributed by atoms with van der Waals surface area (Å²) in [5.41, 5.74) is 0.255. The third-order valence-electron chi connectivity index (χ3n) is 3.80. The topological polar surface area (TPSA) is 60.9 Å². The van der Waals surface area contributed by atoms with Crippen molar-refractivity contribution < 1.29 is 14.7 Å². The molecule has 1 aliphatic rings. The van der Waals surface area contributed by atoms with E-state index in [-0.39, 0.29) is 23.0 Å². The van der Waals surface area contributed by atoms with Gasteiger partial charge in [0.1, 0.15) is 0 Å². The van der Waals surface area contributed by atoms with Gasteiger partial charge in [0, 0.05) is 24.4 Å². The van der Waals surface area contributed by atoms with Crippen molar-refractivity contribution in [1.82, 2.24) is 9.80 Å². The number of Topliss-reactive ketones (excluding diaryl/α,β-unsaturated/α-hetero) is 1. The number of thiophene rings is 1. The number of aliphatic hydroxyl groups is 1. The van der Waals surface area contributed by atoms with Crippen molar-refractivity contribution in [3.05, 3.63) is 33.7 Å². The molecule has 0 spiro atoms. The fourth-order valence-electron chi connectivity index (χ4n) is 2.70. The highest BCUT2D eigenvalue weighted by Crippen LogP contribution is 2.40. The first-order valence-electron chi connectivity index (χ1n) is 7.78. The summed E-state index contributed by atoms with van der Waals surface area (Å²) in [6, 6.07) is 3.34. The van der Waals surface area contributed by atoms with E-state index in [1.807, 2.05) is 50.4 Å². The molecule has 1 N–H and O–H groups in total. The lowest BCUT2D eigenvalue weighted by Crippen LogP contribution is -2.36. The van der Waals surface area contributed by atoms with Gasteiger partial charge in [-0.3, -0.25) is 9.59 Å². The summed E-state index contributed by atoms with van der Waals surface area (Å²) >= 11 is 1.50. The smallest absolute Gasteiger partial charge is 0.290 e. The van der Waals surface area contributed by atoms with Gasteiger partial charge in [-0.05, 0) is 31.5 Å². The van der Waals surface area contributed by atoms with Crippen molar-refractivity contribution in [2.24, 2.45) is 5.92 Å². The minimum Gasteiger partial charge on any atom is -0.503 e. The molecule has 1 aromatic heterocycles. The van der Waals surface area contributed by atoms with Gasteiger partial charge in [-0.15, -0.1) is 11.3 Å². The summed E-state index contributed by atoms with van der Waals surface area (Å²) in [7, 11) is 3.86. The molecular formula is C17H24N2O3S. The van der Waals surface area contributed by atoms with Gasteiger partial charge >= 0.3 is 0 Å². The molecule has 5 nitrogen and oxygen atoms in total. The second-order valence-corrected chi connectivity index (χ2v) is 7.48. The van der Waals surface area contributed by atoms with E-state index in [1.54, 1.807) is 4.90 Å². The molecule has 0 saturated heterocycles. The number of hydrogen-bond donors (Lipinski definition) is 1. The van der Waals surface area contributed by atoms with Crippen molar-refractivity contribution in [3.8, 4) is 0 Å². The van der Waals surface area contributed by atoms with E-state index in [4.69, 9.17) is 0 Å². The molecule has 2 heterocycles. The lowest BCUT2D eigenvalue weighted by Gasteiger charge is -2.27. The molecule has 1 aromatic rings. The van der Waals surface area contributed by atoms with Gasteiger partial charge in [-0.2, -0.15) is 0 Å². The molecule has 126 valence electrons. The highest BCUT2D eigenvalue weighted by atomic mass is 32.1. The van der Waals surface area contributed by atoms with Crippen LogP contribution in [0.2, 0.25) is 0 Å². The maximum absolute atomic E-state index is 12.6. The number of carbonyl (C=O) groups excluding carboxylic acids is 2. The van der Waals surface area contributed by atoms with Crippen LogP contribution in [0.3, 0.4) is 0 Å². The van der Waals surface area contributed by atoms with E-state index in [1.165, 1.54) is 11.3 Å². The zero-order valence-corrected chi connectivity index (χ0v) is 14.9. The fraction of sp³-hybridized carbons (Fsp3) is 0.529. The van der Waals surface area contributed by atoms with Gasteiger partial charge in [-0.25, -0.2) is 0 Å². The van der Waals surface area contributed by atoms with Crippen molar-refractivity contribution in [3.63, 3.8) is 0 Å². The van der Waals surface area contributed by atoms with Crippen LogP contribution in [0.25, 0.3) is 0 Å². The van der Waals surface area contributed by atoms with Crippen molar-refractivity contribution in [2.75, 3.05) is 27.2 Å². The van der Waals surface area contributed by atoms with Crippen LogP contribution in [0.15, 0.2) is 28.8 Å². The molecule has 0 aromatic carbocycles. The zero-order chi connectivity index (χ0) is 17.1. The van der Waals surface area contributed by atoms with E-state index in [0.29, 0.717) is 19.5 Å². The quantitative estimate of drug-likeness (QED) is 0.831. The molecule has 23 heavy (non-hydrogen) atoms. The van der Waals surface area contributed by atoms with Crippen LogP contribution in [0.1, 0.15) is 31.2 Å². The van der Waals surface area contributed by atoms with E-state index < -0.39 is 11.9 Å². The normalized spacial score (nSPS) is 18.6. The molecule has 1 atom stereocenters. The number of nitrogens with zero attached hydrogens (tertiary/aromatic N) is 2. The molecule has 2 rings (SSSR count). The molecule has 0 aliphatic carbocycles. The predicted molar refractivity (Wildman–Crippen MR) is 91.4 cm³/mol. The van der Waals surface area contributed by atoms with Gasteiger partial charge in [0.15, 0.2) is 11.5 Å². The van der Waals surface area contributed by atoms with Crippen LogP contribution in [0, 0.1) is 5.92 Å². The standard InChI is InChI=1S/C17H24N2O3S/c1-11(2)10-12(20)14-15(13-6-5-9-23-13)19(8-7-18(3)4)17(22)16(14)21/h5-6,9,11,15,21H,7-8,10H2,1-4H3. The second-order valence-electron chi connectivity index (χ2n) is 6.50. The molecular weight excluding hydrogens is 312 g/mol. The van der Waals surface area contributed by atoms with Gasteiger partial charge in [0.05, 0.1) is 11.6 Å². The molecule has 0 radical (unpaired) electrons. The summed E-state index contributed by atoms with van der Waals surface area (Å²) in [5.74, 6) is -0.792. The van der Waals surface area contributed by atoms with Gasteiger partial charge in [0.25, 0.3) is 5.91 Å².